The fourth-order valence-electron chi connectivity index (χ4n) is 2.32. The van der Waals surface area contributed by atoms with Crippen LogP contribution in [-0.4, -0.2) is 18.5 Å². The van der Waals surface area contributed by atoms with Crippen molar-refractivity contribution in [2.45, 2.75) is 19.1 Å². The fraction of sp³-hybridized carbons (Fsp3) is 0.200. The van der Waals surface area contributed by atoms with Crippen LogP contribution in [0.25, 0.3) is 6.08 Å². The molecule has 2 rings (SSSR count). The molecule has 8 heteroatoms. The second-order valence-corrected chi connectivity index (χ2v) is 6.29. The van der Waals surface area contributed by atoms with E-state index in [-0.39, 0.29) is 11.6 Å². The summed E-state index contributed by atoms with van der Waals surface area (Å²) in [5, 5.41) is 2.24. The summed E-state index contributed by atoms with van der Waals surface area (Å²) in [6, 6.07) is 12.2. The van der Waals surface area contributed by atoms with E-state index in [1.54, 1.807) is 6.92 Å². The van der Waals surface area contributed by atoms with Gasteiger partial charge in [-0.1, -0.05) is 48.0 Å². The van der Waals surface area contributed by atoms with Gasteiger partial charge in [-0.05, 0) is 36.3 Å². The highest BCUT2D eigenvalue weighted by atomic mass is 35.5. The van der Waals surface area contributed by atoms with E-state index in [1.165, 1.54) is 6.07 Å². The molecule has 0 saturated carbocycles. The van der Waals surface area contributed by atoms with Gasteiger partial charge in [0, 0.05) is 6.08 Å². The summed E-state index contributed by atoms with van der Waals surface area (Å²) in [6.07, 6.45) is -2.51. The molecule has 0 aliphatic carbocycles. The molecule has 0 saturated heterocycles. The predicted molar refractivity (Wildman–Crippen MR) is 99.4 cm³/mol. The number of ether oxygens (including phenoxy) is 1. The first-order chi connectivity index (χ1) is 13.2. The number of carbonyl (C=O) groups excluding carboxylic acids is 2. The Morgan fingerprint density at radius 1 is 1.18 bits per heavy atom. The molecule has 2 aromatic carbocycles. The maximum Gasteiger partial charge on any atom is 0.417 e. The fourth-order valence-corrected chi connectivity index (χ4v) is 2.55. The molecule has 148 valence electrons. The van der Waals surface area contributed by atoms with Crippen LogP contribution in [0.1, 0.15) is 29.7 Å². The number of esters is 1. The Balaban J connectivity index is 1.88. The van der Waals surface area contributed by atoms with Gasteiger partial charge in [0.05, 0.1) is 16.6 Å². The standard InChI is InChI=1S/C20H17ClF3NO3/c1-13(15-5-3-2-4-6-15)25-18(26)12-28-19(27)10-8-14-7-9-17(21)16(11-14)20(22,23)24/h2-11,13H,12H2,1H3,(H,25,26)/b10-8+/t13-/m0/s1. The molecular weight excluding hydrogens is 395 g/mol. The maximum atomic E-state index is 12.8. The van der Waals surface area contributed by atoms with Crippen molar-refractivity contribution >= 4 is 29.6 Å². The van der Waals surface area contributed by atoms with Crippen molar-refractivity contribution < 1.29 is 27.5 Å². The third-order valence-corrected chi connectivity index (χ3v) is 4.06. The van der Waals surface area contributed by atoms with Gasteiger partial charge in [0.1, 0.15) is 0 Å². The van der Waals surface area contributed by atoms with Crippen molar-refractivity contribution in [1.29, 1.82) is 0 Å². The van der Waals surface area contributed by atoms with Crippen LogP contribution in [-0.2, 0) is 20.5 Å². The van der Waals surface area contributed by atoms with Gasteiger partial charge >= 0.3 is 12.1 Å². The van der Waals surface area contributed by atoms with Crippen LogP contribution in [0, 0.1) is 0 Å². The maximum absolute atomic E-state index is 12.8. The topological polar surface area (TPSA) is 55.4 Å². The van der Waals surface area contributed by atoms with Crippen LogP contribution in [0.3, 0.4) is 0 Å². The number of alkyl halides is 3. The van der Waals surface area contributed by atoms with E-state index in [2.05, 4.69) is 5.32 Å². The zero-order valence-electron chi connectivity index (χ0n) is 14.8. The van der Waals surface area contributed by atoms with E-state index in [9.17, 15) is 22.8 Å². The van der Waals surface area contributed by atoms with Crippen LogP contribution in [0.15, 0.2) is 54.6 Å². The average molecular weight is 412 g/mol. The number of nitrogens with one attached hydrogen (secondary N) is 1. The Kier molecular flexibility index (Phi) is 7.23. The molecule has 0 aliphatic rings. The molecule has 1 atom stereocenters. The molecule has 0 bridgehead atoms. The first kappa shape index (κ1) is 21.5. The summed E-state index contributed by atoms with van der Waals surface area (Å²) in [7, 11) is 0. The number of halogens is 4. The number of amides is 1. The second-order valence-electron chi connectivity index (χ2n) is 5.88. The summed E-state index contributed by atoms with van der Waals surface area (Å²) in [5.41, 5.74) is 0.0140. The van der Waals surface area contributed by atoms with Gasteiger partial charge in [-0.3, -0.25) is 4.79 Å². The largest absolute Gasteiger partial charge is 0.452 e. The number of hydrogen-bond acceptors (Lipinski definition) is 3. The number of carbonyl (C=O) groups is 2. The van der Waals surface area contributed by atoms with Crippen LogP contribution >= 0.6 is 11.6 Å². The monoisotopic (exact) mass is 411 g/mol. The van der Waals surface area contributed by atoms with Gasteiger partial charge in [0.15, 0.2) is 6.61 Å². The smallest absolute Gasteiger partial charge is 0.417 e. The quantitative estimate of drug-likeness (QED) is 0.549. The lowest BCUT2D eigenvalue weighted by Crippen LogP contribution is -2.30. The molecule has 0 spiro atoms. The van der Waals surface area contributed by atoms with E-state index < -0.39 is 35.2 Å². The molecule has 0 radical (unpaired) electrons. The molecule has 28 heavy (non-hydrogen) atoms. The van der Waals surface area contributed by atoms with Crippen molar-refractivity contribution in [2.24, 2.45) is 0 Å². The minimum atomic E-state index is -4.60. The summed E-state index contributed by atoms with van der Waals surface area (Å²) < 4.78 is 43.3. The Hall–Kier alpha value is -2.80. The van der Waals surface area contributed by atoms with Crippen molar-refractivity contribution in [3.63, 3.8) is 0 Å². The van der Waals surface area contributed by atoms with Crippen LogP contribution in [0.5, 0.6) is 0 Å². The zero-order chi connectivity index (χ0) is 20.7. The first-order valence-electron chi connectivity index (χ1n) is 8.22. The first-order valence-corrected chi connectivity index (χ1v) is 8.60. The SMILES string of the molecule is C[C@H](NC(=O)COC(=O)/C=C/c1ccc(Cl)c(C(F)(F)F)c1)c1ccccc1. The molecule has 1 amide bonds. The molecule has 0 aromatic heterocycles. The molecular formula is C20H17ClF3NO3. The average Bonchev–Trinajstić information content (AvgIpc) is 2.65. The molecule has 0 unspecified atom stereocenters. The highest BCUT2D eigenvalue weighted by Gasteiger charge is 2.33. The Morgan fingerprint density at radius 3 is 2.50 bits per heavy atom. The molecule has 4 nitrogen and oxygen atoms in total. The molecule has 2 aromatic rings. The van der Waals surface area contributed by atoms with Gasteiger partial charge in [-0.15, -0.1) is 0 Å². The predicted octanol–water partition coefficient (Wildman–Crippen LogP) is 4.79. The van der Waals surface area contributed by atoms with E-state index in [0.29, 0.717) is 0 Å². The molecule has 1 N–H and O–H groups in total. The van der Waals surface area contributed by atoms with Crippen LogP contribution in [0.4, 0.5) is 13.2 Å². The van der Waals surface area contributed by atoms with E-state index in [1.807, 2.05) is 30.3 Å². The van der Waals surface area contributed by atoms with E-state index in [0.717, 1.165) is 29.8 Å². The third-order valence-electron chi connectivity index (χ3n) is 3.73. The van der Waals surface area contributed by atoms with Crippen molar-refractivity contribution in [3.05, 3.63) is 76.3 Å². The normalized spacial score (nSPS) is 12.6. The van der Waals surface area contributed by atoms with E-state index >= 15 is 0 Å². The van der Waals surface area contributed by atoms with Gasteiger partial charge < -0.3 is 10.1 Å². The lowest BCUT2D eigenvalue weighted by atomic mass is 10.1. The van der Waals surface area contributed by atoms with Gasteiger partial charge in [0.25, 0.3) is 5.91 Å². The zero-order valence-corrected chi connectivity index (χ0v) is 15.6. The third kappa shape index (κ3) is 6.42. The van der Waals surface area contributed by atoms with Crippen molar-refractivity contribution in [3.8, 4) is 0 Å². The summed E-state index contributed by atoms with van der Waals surface area (Å²) in [6.45, 7) is 1.28. The lowest BCUT2D eigenvalue weighted by molar-refractivity contribution is -0.144. The molecule has 0 heterocycles. The molecule has 0 aliphatic heterocycles. The number of benzene rings is 2. The summed E-state index contributed by atoms with van der Waals surface area (Å²) in [4.78, 5) is 23.5. The number of hydrogen-bond donors (Lipinski definition) is 1. The minimum Gasteiger partial charge on any atom is -0.452 e. The lowest BCUT2D eigenvalue weighted by Gasteiger charge is -2.14. The van der Waals surface area contributed by atoms with Gasteiger partial charge in [-0.25, -0.2) is 4.79 Å². The van der Waals surface area contributed by atoms with Gasteiger partial charge in [-0.2, -0.15) is 13.2 Å². The Morgan fingerprint density at radius 2 is 1.86 bits per heavy atom. The van der Waals surface area contributed by atoms with Crippen LogP contribution < -0.4 is 5.32 Å². The summed E-state index contributed by atoms with van der Waals surface area (Å²) in [5.74, 6) is -1.35. The van der Waals surface area contributed by atoms with Crippen LogP contribution in [0.2, 0.25) is 5.02 Å². The Bertz CT molecular complexity index is 867. The number of rotatable bonds is 6. The Labute approximate surface area is 165 Å². The van der Waals surface area contributed by atoms with Gasteiger partial charge in [0.2, 0.25) is 0 Å². The van der Waals surface area contributed by atoms with Crippen molar-refractivity contribution in [1.82, 2.24) is 5.32 Å². The van der Waals surface area contributed by atoms with E-state index in [4.69, 9.17) is 16.3 Å². The minimum absolute atomic E-state index is 0.121. The highest BCUT2D eigenvalue weighted by Crippen LogP contribution is 2.35. The summed E-state index contributed by atoms with van der Waals surface area (Å²) >= 11 is 5.53. The highest BCUT2D eigenvalue weighted by molar-refractivity contribution is 6.31. The second kappa shape index (κ2) is 9.41. The molecule has 0 fully saturated rings. The van der Waals surface area contributed by atoms with Crippen molar-refractivity contribution in [2.75, 3.05) is 6.61 Å².